The van der Waals surface area contributed by atoms with E-state index in [0.29, 0.717) is 5.69 Å². The van der Waals surface area contributed by atoms with Gasteiger partial charge in [-0.2, -0.15) is 13.2 Å². The van der Waals surface area contributed by atoms with Gasteiger partial charge in [-0.1, -0.05) is 39.0 Å². The van der Waals surface area contributed by atoms with E-state index in [1.807, 2.05) is 12.1 Å². The van der Waals surface area contributed by atoms with Gasteiger partial charge in [0, 0.05) is 24.3 Å². The number of halogens is 3. The van der Waals surface area contributed by atoms with Crippen molar-refractivity contribution in [3.8, 4) is 0 Å². The Bertz CT molecular complexity index is 915. The molecule has 0 aromatic heterocycles. The first kappa shape index (κ1) is 20.9. The Balaban J connectivity index is 1.69. The highest BCUT2D eigenvalue weighted by Crippen LogP contribution is 2.33. The molecule has 1 aliphatic heterocycles. The van der Waals surface area contributed by atoms with Crippen molar-refractivity contribution in [2.75, 3.05) is 16.8 Å². The molecule has 0 unspecified atom stereocenters. The third-order valence-electron chi connectivity index (χ3n) is 5.00. The third-order valence-corrected chi connectivity index (χ3v) is 5.00. The minimum Gasteiger partial charge on any atom is -0.326 e. The number of amides is 2. The number of carbonyl (C=O) groups excluding carboxylic acids is 2. The number of hydrogen-bond donors (Lipinski definition) is 1. The minimum atomic E-state index is -4.49. The summed E-state index contributed by atoms with van der Waals surface area (Å²) in [6, 6.07) is 12.1. The zero-order chi connectivity index (χ0) is 21.4. The van der Waals surface area contributed by atoms with Crippen LogP contribution in [0.4, 0.5) is 24.5 Å². The summed E-state index contributed by atoms with van der Waals surface area (Å²) in [5.74, 6) is -1.32. The van der Waals surface area contributed by atoms with Crippen molar-refractivity contribution >= 4 is 23.2 Å². The highest BCUT2D eigenvalue weighted by Gasteiger charge is 2.37. The molecule has 0 radical (unpaired) electrons. The van der Waals surface area contributed by atoms with Gasteiger partial charge in [-0.05, 0) is 41.3 Å². The molecule has 1 heterocycles. The van der Waals surface area contributed by atoms with E-state index in [9.17, 15) is 22.8 Å². The molecule has 0 spiro atoms. The highest BCUT2D eigenvalue weighted by molar-refractivity contribution is 6.03. The third kappa shape index (κ3) is 4.78. The summed E-state index contributed by atoms with van der Waals surface area (Å²) < 4.78 is 38.8. The number of alkyl halides is 3. The van der Waals surface area contributed by atoms with Gasteiger partial charge in [0.2, 0.25) is 11.8 Å². The van der Waals surface area contributed by atoms with Crippen LogP contribution in [0.25, 0.3) is 0 Å². The molecule has 0 bridgehead atoms. The van der Waals surface area contributed by atoms with Crippen molar-refractivity contribution < 1.29 is 22.8 Å². The summed E-state index contributed by atoms with van der Waals surface area (Å²) in [5, 5.41) is 2.79. The van der Waals surface area contributed by atoms with E-state index in [4.69, 9.17) is 0 Å². The standard InChI is InChI=1S/C22H23F3N2O2/c1-21(2,3)15-7-9-17(10-8-15)26-20(29)14-11-19(28)27(13-14)18-6-4-5-16(12-18)22(23,24)25/h4-10,12,14H,11,13H2,1-3H3,(H,26,29)/t14-/m0/s1. The minimum absolute atomic E-state index is 0.00807. The van der Waals surface area contributed by atoms with Crippen LogP contribution in [-0.2, 0) is 21.2 Å². The van der Waals surface area contributed by atoms with Gasteiger partial charge in [0.25, 0.3) is 0 Å². The van der Waals surface area contributed by atoms with Crippen LogP contribution in [0.1, 0.15) is 38.3 Å². The van der Waals surface area contributed by atoms with Crippen molar-refractivity contribution in [3.05, 3.63) is 59.7 Å². The Hall–Kier alpha value is -2.83. The van der Waals surface area contributed by atoms with Gasteiger partial charge in [0.05, 0.1) is 11.5 Å². The van der Waals surface area contributed by atoms with Crippen LogP contribution in [0.2, 0.25) is 0 Å². The molecule has 4 nitrogen and oxygen atoms in total. The lowest BCUT2D eigenvalue weighted by Gasteiger charge is -2.20. The smallest absolute Gasteiger partial charge is 0.326 e. The number of anilines is 2. The zero-order valence-electron chi connectivity index (χ0n) is 16.5. The summed E-state index contributed by atoms with van der Waals surface area (Å²) in [6.45, 7) is 6.32. The molecule has 1 saturated heterocycles. The van der Waals surface area contributed by atoms with Crippen LogP contribution < -0.4 is 10.2 Å². The Kier molecular flexibility index (Phi) is 5.43. The highest BCUT2D eigenvalue weighted by atomic mass is 19.4. The van der Waals surface area contributed by atoms with Gasteiger partial charge in [-0.3, -0.25) is 9.59 Å². The monoisotopic (exact) mass is 404 g/mol. The average Bonchev–Trinajstić information content (AvgIpc) is 3.03. The Morgan fingerprint density at radius 3 is 2.28 bits per heavy atom. The SMILES string of the molecule is CC(C)(C)c1ccc(NC(=O)[C@H]2CC(=O)N(c3cccc(C(F)(F)F)c3)C2)cc1. The van der Waals surface area contributed by atoms with Crippen molar-refractivity contribution in [1.82, 2.24) is 0 Å². The molecule has 2 aromatic rings. The lowest BCUT2D eigenvalue weighted by molar-refractivity contribution is -0.137. The van der Waals surface area contributed by atoms with E-state index in [1.54, 1.807) is 12.1 Å². The van der Waals surface area contributed by atoms with Crippen LogP contribution in [0.15, 0.2) is 48.5 Å². The second-order valence-corrected chi connectivity index (χ2v) is 8.27. The van der Waals surface area contributed by atoms with Gasteiger partial charge < -0.3 is 10.2 Å². The van der Waals surface area contributed by atoms with Gasteiger partial charge in [0.15, 0.2) is 0 Å². The molecule has 0 saturated carbocycles. The first-order chi connectivity index (χ1) is 13.4. The average molecular weight is 404 g/mol. The molecular weight excluding hydrogens is 381 g/mol. The number of carbonyl (C=O) groups is 2. The molecule has 2 aromatic carbocycles. The van der Waals surface area contributed by atoms with E-state index >= 15 is 0 Å². The molecule has 3 rings (SSSR count). The van der Waals surface area contributed by atoms with E-state index in [2.05, 4.69) is 26.1 Å². The van der Waals surface area contributed by atoms with E-state index in [0.717, 1.165) is 17.7 Å². The van der Waals surface area contributed by atoms with Crippen molar-refractivity contribution in [2.24, 2.45) is 5.92 Å². The molecule has 1 N–H and O–H groups in total. The predicted molar refractivity (Wildman–Crippen MR) is 106 cm³/mol. The lowest BCUT2D eigenvalue weighted by Crippen LogP contribution is -2.28. The normalized spacial score (nSPS) is 17.5. The lowest BCUT2D eigenvalue weighted by atomic mass is 9.87. The van der Waals surface area contributed by atoms with Gasteiger partial charge >= 0.3 is 6.18 Å². The van der Waals surface area contributed by atoms with E-state index in [1.165, 1.54) is 17.0 Å². The second kappa shape index (κ2) is 7.54. The first-order valence-corrected chi connectivity index (χ1v) is 9.34. The summed E-state index contributed by atoms with van der Waals surface area (Å²) in [6.07, 6.45) is -4.53. The fourth-order valence-electron chi connectivity index (χ4n) is 3.28. The van der Waals surface area contributed by atoms with Gasteiger partial charge in [-0.15, -0.1) is 0 Å². The van der Waals surface area contributed by atoms with Crippen molar-refractivity contribution in [3.63, 3.8) is 0 Å². The van der Waals surface area contributed by atoms with Gasteiger partial charge in [0.1, 0.15) is 0 Å². The second-order valence-electron chi connectivity index (χ2n) is 8.27. The zero-order valence-corrected chi connectivity index (χ0v) is 16.5. The molecule has 0 aliphatic carbocycles. The Morgan fingerprint density at radius 2 is 1.69 bits per heavy atom. The maximum atomic E-state index is 12.9. The molecule has 29 heavy (non-hydrogen) atoms. The summed E-state index contributed by atoms with van der Waals surface area (Å²) in [7, 11) is 0. The molecule has 7 heteroatoms. The molecular formula is C22H23F3N2O2. The molecule has 154 valence electrons. The fourth-order valence-corrected chi connectivity index (χ4v) is 3.28. The van der Waals surface area contributed by atoms with E-state index in [-0.39, 0.29) is 35.9 Å². The summed E-state index contributed by atoms with van der Waals surface area (Å²) in [4.78, 5) is 26.1. The van der Waals surface area contributed by atoms with E-state index < -0.39 is 17.7 Å². The number of nitrogens with zero attached hydrogens (tertiary/aromatic N) is 1. The van der Waals surface area contributed by atoms with Crippen molar-refractivity contribution in [2.45, 2.75) is 38.8 Å². The van der Waals surface area contributed by atoms with Crippen LogP contribution in [0.5, 0.6) is 0 Å². The molecule has 1 atom stereocenters. The first-order valence-electron chi connectivity index (χ1n) is 9.34. The number of nitrogens with one attached hydrogen (secondary N) is 1. The number of benzene rings is 2. The number of rotatable bonds is 3. The van der Waals surface area contributed by atoms with Crippen molar-refractivity contribution in [1.29, 1.82) is 0 Å². The maximum absolute atomic E-state index is 12.9. The molecule has 1 fully saturated rings. The summed E-state index contributed by atoms with van der Waals surface area (Å²) in [5.41, 5.74) is 1.06. The largest absolute Gasteiger partial charge is 0.416 e. The van der Waals surface area contributed by atoms with Crippen LogP contribution in [0.3, 0.4) is 0 Å². The maximum Gasteiger partial charge on any atom is 0.416 e. The topological polar surface area (TPSA) is 49.4 Å². The number of hydrogen-bond acceptors (Lipinski definition) is 2. The van der Waals surface area contributed by atoms with Crippen LogP contribution >= 0.6 is 0 Å². The van der Waals surface area contributed by atoms with Crippen LogP contribution in [0, 0.1) is 5.92 Å². The Labute approximate surface area is 167 Å². The van der Waals surface area contributed by atoms with Crippen LogP contribution in [-0.4, -0.2) is 18.4 Å². The predicted octanol–water partition coefficient (Wildman–Crippen LogP) is 4.99. The Morgan fingerprint density at radius 1 is 1.03 bits per heavy atom. The molecule has 1 aliphatic rings. The fraction of sp³-hybridized carbons (Fsp3) is 0.364. The summed E-state index contributed by atoms with van der Waals surface area (Å²) >= 11 is 0. The quantitative estimate of drug-likeness (QED) is 0.783. The van der Waals surface area contributed by atoms with Gasteiger partial charge in [-0.25, -0.2) is 0 Å². The molecule has 2 amide bonds.